The minimum absolute atomic E-state index is 0.0690. The van der Waals surface area contributed by atoms with E-state index in [9.17, 15) is 14.4 Å². The van der Waals surface area contributed by atoms with E-state index in [0.717, 1.165) is 0 Å². The number of carbonyl (C=O) groups excluding carboxylic acids is 3. The first kappa shape index (κ1) is 15.6. The molecule has 0 radical (unpaired) electrons. The van der Waals surface area contributed by atoms with Crippen molar-refractivity contribution in [2.75, 3.05) is 19.8 Å². The third-order valence-corrected chi connectivity index (χ3v) is 1.80. The second-order valence-corrected chi connectivity index (χ2v) is 3.14. The molecule has 0 N–H and O–H groups in total. The zero-order valence-corrected chi connectivity index (χ0v) is 10.1. The predicted molar refractivity (Wildman–Crippen MR) is 58.3 cm³/mol. The molecule has 6 heteroatoms. The Kier molecular flexibility index (Phi) is 8.95. The topological polar surface area (TPSA) is 78.9 Å². The maximum atomic E-state index is 11.2. The van der Waals surface area contributed by atoms with Gasteiger partial charge in [-0.05, 0) is 13.8 Å². The lowest BCUT2D eigenvalue weighted by molar-refractivity contribution is -0.151. The Labute approximate surface area is 100 Å². The normalized spacial score (nSPS) is 10.1. The predicted octanol–water partition coefficient (Wildman–Crippen LogP) is 0.477. The summed E-state index contributed by atoms with van der Waals surface area (Å²) in [5, 5.41) is 0. The Morgan fingerprint density at radius 2 is 1.53 bits per heavy atom. The SMILES string of the molecule is CCOC(=O)CC(CC(=O)OCC)OCC=O. The van der Waals surface area contributed by atoms with Gasteiger partial charge in [-0.1, -0.05) is 0 Å². The van der Waals surface area contributed by atoms with Crippen molar-refractivity contribution in [1.29, 1.82) is 0 Å². The maximum Gasteiger partial charge on any atom is 0.308 e. The van der Waals surface area contributed by atoms with Gasteiger partial charge in [-0.2, -0.15) is 0 Å². The lowest BCUT2D eigenvalue weighted by Gasteiger charge is -2.14. The van der Waals surface area contributed by atoms with Gasteiger partial charge in [-0.3, -0.25) is 9.59 Å². The van der Waals surface area contributed by atoms with Gasteiger partial charge in [-0.15, -0.1) is 0 Å². The number of rotatable bonds is 9. The van der Waals surface area contributed by atoms with Crippen LogP contribution in [0, 0.1) is 0 Å². The van der Waals surface area contributed by atoms with Gasteiger partial charge in [-0.25, -0.2) is 0 Å². The fraction of sp³-hybridized carbons (Fsp3) is 0.727. The number of esters is 2. The highest BCUT2D eigenvalue weighted by Gasteiger charge is 2.19. The fourth-order valence-electron chi connectivity index (χ4n) is 1.18. The van der Waals surface area contributed by atoms with Crippen molar-refractivity contribution >= 4 is 18.2 Å². The van der Waals surface area contributed by atoms with E-state index >= 15 is 0 Å². The van der Waals surface area contributed by atoms with Crippen molar-refractivity contribution in [2.45, 2.75) is 32.8 Å². The van der Waals surface area contributed by atoms with Gasteiger partial charge in [0.05, 0.1) is 32.2 Å². The van der Waals surface area contributed by atoms with Gasteiger partial charge in [0.2, 0.25) is 0 Å². The second-order valence-electron chi connectivity index (χ2n) is 3.14. The van der Waals surface area contributed by atoms with Crippen LogP contribution in [-0.4, -0.2) is 44.1 Å². The van der Waals surface area contributed by atoms with E-state index in [-0.39, 0.29) is 32.7 Å². The molecule has 17 heavy (non-hydrogen) atoms. The molecule has 0 aliphatic rings. The summed E-state index contributed by atoms with van der Waals surface area (Å²) in [4.78, 5) is 32.6. The highest BCUT2D eigenvalue weighted by atomic mass is 16.5. The van der Waals surface area contributed by atoms with Crippen LogP contribution in [0.4, 0.5) is 0 Å². The quantitative estimate of drug-likeness (QED) is 0.435. The molecule has 0 fully saturated rings. The maximum absolute atomic E-state index is 11.2. The first-order chi connectivity index (χ1) is 8.13. The van der Waals surface area contributed by atoms with Crippen molar-refractivity contribution in [3.63, 3.8) is 0 Å². The number of ether oxygens (including phenoxy) is 3. The van der Waals surface area contributed by atoms with E-state index in [4.69, 9.17) is 14.2 Å². The molecule has 0 aromatic rings. The molecule has 0 aromatic carbocycles. The van der Waals surface area contributed by atoms with Crippen LogP contribution in [0.3, 0.4) is 0 Å². The molecule has 6 nitrogen and oxygen atoms in total. The monoisotopic (exact) mass is 246 g/mol. The third-order valence-electron chi connectivity index (χ3n) is 1.80. The molecule has 98 valence electrons. The summed E-state index contributed by atoms with van der Waals surface area (Å²) in [6, 6.07) is 0. The molecule has 0 aliphatic carbocycles. The van der Waals surface area contributed by atoms with Crippen LogP contribution in [0.5, 0.6) is 0 Å². The van der Waals surface area contributed by atoms with Gasteiger partial charge < -0.3 is 19.0 Å². The molecule has 0 atom stereocenters. The van der Waals surface area contributed by atoms with Crippen molar-refractivity contribution in [2.24, 2.45) is 0 Å². The van der Waals surface area contributed by atoms with Crippen LogP contribution in [-0.2, 0) is 28.6 Å². The number of hydrogen-bond acceptors (Lipinski definition) is 6. The summed E-state index contributed by atoms with van der Waals surface area (Å²) in [5.41, 5.74) is 0. The van der Waals surface area contributed by atoms with E-state index in [0.29, 0.717) is 6.29 Å². The summed E-state index contributed by atoms with van der Waals surface area (Å²) in [5.74, 6) is -0.930. The van der Waals surface area contributed by atoms with E-state index in [1.807, 2.05) is 0 Å². The Hall–Kier alpha value is -1.43. The number of hydrogen-bond donors (Lipinski definition) is 0. The first-order valence-electron chi connectivity index (χ1n) is 5.50. The summed E-state index contributed by atoms with van der Waals surface area (Å²) >= 11 is 0. The molecule has 0 aromatic heterocycles. The molecule has 0 spiro atoms. The average molecular weight is 246 g/mol. The number of carbonyl (C=O) groups is 3. The molecule has 0 aliphatic heterocycles. The molecular formula is C11H18O6. The zero-order valence-electron chi connectivity index (χ0n) is 10.1. The first-order valence-corrected chi connectivity index (χ1v) is 5.50. The average Bonchev–Trinajstić information content (AvgIpc) is 2.26. The van der Waals surface area contributed by atoms with E-state index in [1.165, 1.54) is 0 Å². The minimum Gasteiger partial charge on any atom is -0.466 e. The van der Waals surface area contributed by atoms with Gasteiger partial charge in [0.25, 0.3) is 0 Å². The Morgan fingerprint density at radius 1 is 1.06 bits per heavy atom. The van der Waals surface area contributed by atoms with Gasteiger partial charge in [0.1, 0.15) is 12.9 Å². The smallest absolute Gasteiger partial charge is 0.308 e. The highest BCUT2D eigenvalue weighted by molar-refractivity contribution is 5.73. The molecule has 0 bridgehead atoms. The van der Waals surface area contributed by atoms with Crippen molar-refractivity contribution in [1.82, 2.24) is 0 Å². The standard InChI is InChI=1S/C11H18O6/c1-3-15-10(13)7-9(17-6-5-12)8-11(14)16-4-2/h5,9H,3-4,6-8H2,1-2H3. The van der Waals surface area contributed by atoms with E-state index in [1.54, 1.807) is 13.8 Å². The van der Waals surface area contributed by atoms with E-state index < -0.39 is 18.0 Å². The number of aldehydes is 1. The molecule has 0 amide bonds. The lowest BCUT2D eigenvalue weighted by atomic mass is 10.2. The molecular weight excluding hydrogens is 228 g/mol. The van der Waals surface area contributed by atoms with Crippen molar-refractivity contribution in [3.8, 4) is 0 Å². The largest absolute Gasteiger partial charge is 0.466 e. The van der Waals surface area contributed by atoms with Crippen LogP contribution in [0.1, 0.15) is 26.7 Å². The Balaban J connectivity index is 4.16. The molecule has 0 saturated heterocycles. The molecule has 0 heterocycles. The van der Waals surface area contributed by atoms with Crippen LogP contribution >= 0.6 is 0 Å². The molecule has 0 rings (SSSR count). The fourth-order valence-corrected chi connectivity index (χ4v) is 1.18. The van der Waals surface area contributed by atoms with Crippen molar-refractivity contribution < 1.29 is 28.6 Å². The van der Waals surface area contributed by atoms with Gasteiger partial charge in [0.15, 0.2) is 0 Å². The van der Waals surface area contributed by atoms with Crippen molar-refractivity contribution in [3.05, 3.63) is 0 Å². The van der Waals surface area contributed by atoms with Crippen LogP contribution in [0.25, 0.3) is 0 Å². The minimum atomic E-state index is -0.682. The summed E-state index contributed by atoms with van der Waals surface area (Å²) in [6.45, 7) is 3.73. The lowest BCUT2D eigenvalue weighted by Crippen LogP contribution is -2.24. The summed E-state index contributed by atoms with van der Waals surface area (Å²) in [7, 11) is 0. The Bertz CT molecular complexity index is 230. The molecule has 0 saturated carbocycles. The summed E-state index contributed by atoms with van der Waals surface area (Å²) < 4.78 is 14.5. The van der Waals surface area contributed by atoms with Crippen LogP contribution in [0.2, 0.25) is 0 Å². The van der Waals surface area contributed by atoms with Gasteiger partial charge >= 0.3 is 11.9 Å². The van der Waals surface area contributed by atoms with Gasteiger partial charge in [0, 0.05) is 0 Å². The van der Waals surface area contributed by atoms with E-state index in [2.05, 4.69) is 0 Å². The second kappa shape index (κ2) is 9.77. The highest BCUT2D eigenvalue weighted by Crippen LogP contribution is 2.07. The Morgan fingerprint density at radius 3 is 1.88 bits per heavy atom. The van der Waals surface area contributed by atoms with Crippen LogP contribution in [0.15, 0.2) is 0 Å². The molecule has 0 unspecified atom stereocenters. The van der Waals surface area contributed by atoms with Crippen LogP contribution < -0.4 is 0 Å². The zero-order chi connectivity index (χ0) is 13.1. The third kappa shape index (κ3) is 8.38. The summed E-state index contributed by atoms with van der Waals surface area (Å²) in [6.07, 6.45) is -0.261.